The van der Waals surface area contributed by atoms with E-state index >= 15 is 0 Å². The van der Waals surface area contributed by atoms with E-state index in [-0.39, 0.29) is 5.91 Å². The molecule has 0 aliphatic heterocycles. The van der Waals surface area contributed by atoms with Crippen LogP contribution < -0.4 is 9.62 Å². The van der Waals surface area contributed by atoms with Gasteiger partial charge in [0.15, 0.2) is 0 Å². The van der Waals surface area contributed by atoms with E-state index in [1.54, 1.807) is 25.1 Å². The lowest BCUT2D eigenvalue weighted by atomic mass is 10.1. The third-order valence-corrected chi connectivity index (χ3v) is 4.50. The van der Waals surface area contributed by atoms with Crippen LogP contribution in [0.15, 0.2) is 30.9 Å². The van der Waals surface area contributed by atoms with Crippen LogP contribution in [-0.2, 0) is 14.8 Å². The Balaban J connectivity index is 3.20. The Morgan fingerprint density at radius 2 is 2.00 bits per heavy atom. The minimum absolute atomic E-state index is 0.299. The predicted octanol–water partition coefficient (Wildman–Crippen LogP) is 1.76. The lowest BCUT2D eigenvalue weighted by Crippen LogP contribution is -2.47. The summed E-state index contributed by atoms with van der Waals surface area (Å²) in [6.07, 6.45) is 2.64. The highest BCUT2D eigenvalue weighted by molar-refractivity contribution is 7.92. The number of hydrogen-bond donors (Lipinski definition) is 1. The Hall–Kier alpha value is -1.82. The Labute approximate surface area is 126 Å². The van der Waals surface area contributed by atoms with Crippen molar-refractivity contribution in [2.75, 3.05) is 17.1 Å². The van der Waals surface area contributed by atoms with Crippen molar-refractivity contribution in [3.8, 4) is 0 Å². The van der Waals surface area contributed by atoms with Gasteiger partial charge in [-0.1, -0.05) is 12.1 Å². The molecular weight excluding hydrogens is 288 g/mol. The van der Waals surface area contributed by atoms with Crippen LogP contribution in [0.25, 0.3) is 0 Å². The molecule has 116 valence electrons. The maximum atomic E-state index is 12.1. The molecule has 1 aromatic carbocycles. The van der Waals surface area contributed by atoms with Crippen LogP contribution in [-0.4, -0.2) is 33.2 Å². The Kier molecular flexibility index (Phi) is 5.54. The summed E-state index contributed by atoms with van der Waals surface area (Å²) < 4.78 is 25.3. The fourth-order valence-electron chi connectivity index (χ4n) is 1.99. The molecule has 0 aliphatic rings. The van der Waals surface area contributed by atoms with Crippen LogP contribution >= 0.6 is 0 Å². The van der Waals surface area contributed by atoms with Crippen LogP contribution in [0.3, 0.4) is 0 Å². The quantitative estimate of drug-likeness (QED) is 0.814. The minimum atomic E-state index is -3.57. The molecule has 1 amide bonds. The Bertz CT molecular complexity index is 638. The number of benzene rings is 1. The zero-order chi connectivity index (χ0) is 16.2. The van der Waals surface area contributed by atoms with Crippen molar-refractivity contribution in [1.29, 1.82) is 0 Å². The number of nitrogens with zero attached hydrogens (tertiary/aromatic N) is 1. The first-order valence-corrected chi connectivity index (χ1v) is 8.48. The molecule has 5 nitrogen and oxygen atoms in total. The second-order valence-electron chi connectivity index (χ2n) is 5.04. The van der Waals surface area contributed by atoms with E-state index < -0.39 is 16.1 Å². The summed E-state index contributed by atoms with van der Waals surface area (Å²) in [5, 5.41) is 2.62. The average Bonchev–Trinajstić information content (AvgIpc) is 2.38. The summed E-state index contributed by atoms with van der Waals surface area (Å²) in [7, 11) is -3.57. The lowest BCUT2D eigenvalue weighted by molar-refractivity contribution is -0.121. The molecule has 0 radical (unpaired) electrons. The first-order chi connectivity index (χ1) is 9.68. The fourth-order valence-corrected chi connectivity index (χ4v) is 3.16. The summed E-state index contributed by atoms with van der Waals surface area (Å²) in [6.45, 7) is 9.23. The second-order valence-corrected chi connectivity index (χ2v) is 6.90. The van der Waals surface area contributed by atoms with Crippen molar-refractivity contribution in [3.05, 3.63) is 42.0 Å². The Morgan fingerprint density at radius 3 is 2.48 bits per heavy atom. The van der Waals surface area contributed by atoms with Gasteiger partial charge in [-0.05, 0) is 44.0 Å². The molecule has 6 heteroatoms. The first-order valence-electron chi connectivity index (χ1n) is 6.63. The van der Waals surface area contributed by atoms with E-state index in [1.807, 2.05) is 19.9 Å². The summed E-state index contributed by atoms with van der Waals surface area (Å²) in [4.78, 5) is 12.1. The molecule has 0 aliphatic carbocycles. The van der Waals surface area contributed by atoms with Crippen molar-refractivity contribution in [3.63, 3.8) is 0 Å². The molecule has 0 heterocycles. The van der Waals surface area contributed by atoms with Crippen molar-refractivity contribution in [2.24, 2.45) is 0 Å². The van der Waals surface area contributed by atoms with Crippen molar-refractivity contribution >= 4 is 21.6 Å². The van der Waals surface area contributed by atoms with Gasteiger partial charge >= 0.3 is 0 Å². The SMILES string of the molecule is C=CCNC(=O)[C@H](C)N(c1ccc(C)c(C)c1)S(C)(=O)=O. The molecule has 0 fully saturated rings. The number of anilines is 1. The molecule has 0 saturated heterocycles. The average molecular weight is 310 g/mol. The van der Waals surface area contributed by atoms with Crippen molar-refractivity contribution in [2.45, 2.75) is 26.8 Å². The number of nitrogens with one attached hydrogen (secondary N) is 1. The van der Waals surface area contributed by atoms with Gasteiger partial charge in [-0.25, -0.2) is 8.42 Å². The zero-order valence-corrected chi connectivity index (χ0v) is 13.7. The Morgan fingerprint density at radius 1 is 1.38 bits per heavy atom. The zero-order valence-electron chi connectivity index (χ0n) is 12.9. The fraction of sp³-hybridized carbons (Fsp3) is 0.400. The monoisotopic (exact) mass is 310 g/mol. The van der Waals surface area contributed by atoms with Gasteiger partial charge in [0.2, 0.25) is 15.9 Å². The van der Waals surface area contributed by atoms with Gasteiger partial charge in [0.05, 0.1) is 11.9 Å². The van der Waals surface area contributed by atoms with E-state index in [0.717, 1.165) is 21.7 Å². The van der Waals surface area contributed by atoms with E-state index in [1.165, 1.54) is 0 Å². The molecule has 21 heavy (non-hydrogen) atoms. The van der Waals surface area contributed by atoms with Gasteiger partial charge < -0.3 is 5.32 Å². The molecule has 1 aromatic rings. The van der Waals surface area contributed by atoms with Gasteiger partial charge in [-0.15, -0.1) is 6.58 Å². The maximum absolute atomic E-state index is 12.1. The maximum Gasteiger partial charge on any atom is 0.243 e. The summed E-state index contributed by atoms with van der Waals surface area (Å²) in [5.41, 5.74) is 2.53. The smallest absolute Gasteiger partial charge is 0.243 e. The van der Waals surface area contributed by atoms with Crippen LogP contribution in [0.5, 0.6) is 0 Å². The molecular formula is C15H22N2O3S. The molecule has 1 rings (SSSR count). The van der Waals surface area contributed by atoms with Crippen LogP contribution in [0, 0.1) is 13.8 Å². The summed E-state index contributed by atoms with van der Waals surface area (Å²) >= 11 is 0. The predicted molar refractivity (Wildman–Crippen MR) is 85.9 cm³/mol. The number of sulfonamides is 1. The van der Waals surface area contributed by atoms with Crippen LogP contribution in [0.1, 0.15) is 18.1 Å². The van der Waals surface area contributed by atoms with Crippen molar-refractivity contribution in [1.82, 2.24) is 5.32 Å². The standard InChI is InChI=1S/C15H22N2O3S/c1-6-9-16-15(18)13(4)17(21(5,19)20)14-8-7-11(2)12(3)10-14/h6-8,10,13H,1,9H2,2-5H3,(H,16,18)/t13-/m0/s1. The molecule has 0 aromatic heterocycles. The van der Waals surface area contributed by atoms with Gasteiger partial charge in [-0.2, -0.15) is 0 Å². The largest absolute Gasteiger partial charge is 0.351 e. The molecule has 0 unspecified atom stereocenters. The van der Waals surface area contributed by atoms with Gasteiger partial charge in [-0.3, -0.25) is 9.10 Å². The number of hydrogen-bond acceptors (Lipinski definition) is 3. The number of aryl methyl sites for hydroxylation is 2. The molecule has 0 spiro atoms. The first kappa shape index (κ1) is 17.2. The van der Waals surface area contributed by atoms with E-state index in [9.17, 15) is 13.2 Å². The van der Waals surface area contributed by atoms with Gasteiger partial charge in [0, 0.05) is 6.54 Å². The number of carbonyl (C=O) groups is 1. The van der Waals surface area contributed by atoms with E-state index in [4.69, 9.17) is 0 Å². The van der Waals surface area contributed by atoms with E-state index in [0.29, 0.717) is 12.2 Å². The third kappa shape index (κ3) is 4.32. The molecule has 0 bridgehead atoms. The van der Waals surface area contributed by atoms with Crippen molar-refractivity contribution < 1.29 is 13.2 Å². The van der Waals surface area contributed by atoms with Gasteiger partial charge in [0.1, 0.15) is 6.04 Å². The molecule has 0 saturated carbocycles. The van der Waals surface area contributed by atoms with Crippen LogP contribution in [0.2, 0.25) is 0 Å². The summed E-state index contributed by atoms with van der Waals surface area (Å²) in [5.74, 6) is -0.362. The number of rotatable bonds is 6. The van der Waals surface area contributed by atoms with Gasteiger partial charge in [0.25, 0.3) is 0 Å². The third-order valence-electron chi connectivity index (χ3n) is 3.25. The lowest BCUT2D eigenvalue weighted by Gasteiger charge is -2.28. The highest BCUT2D eigenvalue weighted by Gasteiger charge is 2.28. The van der Waals surface area contributed by atoms with Crippen LogP contribution in [0.4, 0.5) is 5.69 Å². The highest BCUT2D eigenvalue weighted by atomic mass is 32.2. The second kappa shape index (κ2) is 6.76. The van der Waals surface area contributed by atoms with E-state index in [2.05, 4.69) is 11.9 Å². The highest BCUT2D eigenvalue weighted by Crippen LogP contribution is 2.23. The number of carbonyl (C=O) groups excluding carboxylic acids is 1. The normalized spacial score (nSPS) is 12.6. The number of amides is 1. The molecule has 1 atom stereocenters. The molecule has 1 N–H and O–H groups in total. The summed E-state index contributed by atoms with van der Waals surface area (Å²) in [6, 6.07) is 4.49. The minimum Gasteiger partial charge on any atom is -0.351 e. The topological polar surface area (TPSA) is 66.5 Å².